The number of rotatable bonds is 0. The van der Waals surface area contributed by atoms with Crippen LogP contribution in [0.1, 0.15) is 20.8 Å². The molecule has 2 N–H and O–H groups in total. The summed E-state index contributed by atoms with van der Waals surface area (Å²) in [6, 6.07) is 0. The fourth-order valence-corrected chi connectivity index (χ4v) is 0. The first-order valence-electron chi connectivity index (χ1n) is 2.93. The van der Waals surface area contributed by atoms with Gasteiger partial charge in [0.2, 0.25) is 0 Å². The Morgan fingerprint density at radius 1 is 1.17 bits per heavy atom. The number of carbonyl (C=O) groups excluding carboxylic acids is 2. The monoisotopic (exact) mass is 227 g/mol. The van der Waals surface area contributed by atoms with Gasteiger partial charge in [0.25, 0.3) is 0 Å². The van der Waals surface area contributed by atoms with E-state index in [9.17, 15) is 0 Å². The third-order valence-corrected chi connectivity index (χ3v) is 0. The summed E-state index contributed by atoms with van der Waals surface area (Å²) in [5, 5.41) is 17.8. The van der Waals surface area contributed by atoms with E-state index in [0.717, 1.165) is 20.4 Å². The summed E-state index contributed by atoms with van der Waals surface area (Å²) in [6.07, 6.45) is 0. The van der Waals surface area contributed by atoms with E-state index >= 15 is 0 Å². The smallest absolute Gasteiger partial charge is 0.550 e. The number of nitrogens with two attached hydrogens (primary N) is 1. The number of carboxylic acids is 2. The summed E-state index contributed by atoms with van der Waals surface area (Å²) in [5.74, 6) is -2.17. The van der Waals surface area contributed by atoms with Gasteiger partial charge in [0.05, 0.1) is 0 Å². The second-order valence-corrected chi connectivity index (χ2v) is 1.39. The Kier molecular flexibility index (Phi) is 42.1. The van der Waals surface area contributed by atoms with Crippen molar-refractivity contribution in [1.82, 2.24) is 0 Å². The van der Waals surface area contributed by atoms with Gasteiger partial charge in [0.15, 0.2) is 0 Å². The molecule has 68 valence electrons. The van der Waals surface area contributed by atoms with Crippen LogP contribution in [0.15, 0.2) is 0 Å². The Bertz CT molecular complexity index is 87.7. The van der Waals surface area contributed by atoms with Crippen molar-refractivity contribution in [1.29, 1.82) is 0 Å². The predicted molar refractivity (Wildman–Crippen MR) is 36.1 cm³/mol. The van der Waals surface area contributed by atoms with E-state index in [1.165, 1.54) is 0 Å². The molecular formula is C6H13NO4Zn. The van der Waals surface area contributed by atoms with E-state index in [1.807, 2.05) is 6.92 Å². The number of hydrogen-bond acceptors (Lipinski definition) is 5. The molecule has 0 atom stereocenters. The molecule has 0 aromatic heterocycles. The maximum Gasteiger partial charge on any atom is 2.00 e. The van der Waals surface area contributed by atoms with Gasteiger partial charge >= 0.3 is 19.5 Å². The van der Waals surface area contributed by atoms with Crippen LogP contribution >= 0.6 is 0 Å². The van der Waals surface area contributed by atoms with Crippen LogP contribution in [0.25, 0.3) is 0 Å². The standard InChI is InChI=1S/C2H7N.2C2H4O2.Zn/c1-2-3;2*1-2(3)4;/h2-3H2,1H3;2*1H3,(H,3,4);/q;;;+2/p-2. The van der Waals surface area contributed by atoms with Crippen molar-refractivity contribution >= 4 is 11.9 Å². The minimum absolute atomic E-state index is 0. The van der Waals surface area contributed by atoms with Gasteiger partial charge in [-0.1, -0.05) is 6.92 Å². The molecule has 0 aromatic carbocycles. The first-order valence-corrected chi connectivity index (χ1v) is 2.93. The molecule has 0 spiro atoms. The molecule has 0 amide bonds. The van der Waals surface area contributed by atoms with Gasteiger partial charge in [-0.25, -0.2) is 0 Å². The number of carboxylic acid groups (broad SMARTS) is 2. The van der Waals surface area contributed by atoms with Crippen molar-refractivity contribution < 1.29 is 39.3 Å². The van der Waals surface area contributed by atoms with Gasteiger partial charge in [0, 0.05) is 11.9 Å². The van der Waals surface area contributed by atoms with Crippen LogP contribution < -0.4 is 15.9 Å². The molecule has 0 aromatic rings. The largest absolute Gasteiger partial charge is 2.00 e. The minimum atomic E-state index is -1.08. The number of carbonyl (C=O) groups is 2. The molecule has 0 saturated heterocycles. The molecule has 0 aliphatic rings. The first kappa shape index (κ1) is 22.5. The van der Waals surface area contributed by atoms with Gasteiger partial charge in [-0.2, -0.15) is 0 Å². The molecule has 12 heavy (non-hydrogen) atoms. The maximum atomic E-state index is 8.89. The van der Waals surface area contributed by atoms with Gasteiger partial charge in [-0.05, 0) is 20.4 Å². The second-order valence-electron chi connectivity index (χ2n) is 1.39. The van der Waals surface area contributed by atoms with E-state index in [-0.39, 0.29) is 19.5 Å². The quantitative estimate of drug-likeness (QED) is 0.460. The molecule has 0 radical (unpaired) electrons. The average molecular weight is 229 g/mol. The molecule has 0 rings (SSSR count). The SMILES string of the molecule is CC(=O)[O-].CC(=O)[O-].CCN.[Zn+2]. The number of hydrogen-bond donors (Lipinski definition) is 1. The summed E-state index contributed by atoms with van der Waals surface area (Å²) in [4.78, 5) is 17.8. The van der Waals surface area contributed by atoms with Crippen molar-refractivity contribution in [2.24, 2.45) is 5.73 Å². The van der Waals surface area contributed by atoms with Crippen molar-refractivity contribution in [3.63, 3.8) is 0 Å². The molecule has 0 heterocycles. The van der Waals surface area contributed by atoms with Crippen molar-refractivity contribution in [3.8, 4) is 0 Å². The van der Waals surface area contributed by atoms with Crippen molar-refractivity contribution in [2.45, 2.75) is 20.8 Å². The molecule has 5 nitrogen and oxygen atoms in total. The Morgan fingerprint density at radius 2 is 1.17 bits per heavy atom. The van der Waals surface area contributed by atoms with E-state index in [0.29, 0.717) is 0 Å². The summed E-state index contributed by atoms with van der Waals surface area (Å²) >= 11 is 0. The van der Waals surface area contributed by atoms with Gasteiger partial charge in [-0.3, -0.25) is 0 Å². The summed E-state index contributed by atoms with van der Waals surface area (Å²) in [6.45, 7) is 4.60. The minimum Gasteiger partial charge on any atom is -0.550 e. The molecule has 0 aliphatic carbocycles. The van der Waals surface area contributed by atoms with Crippen LogP contribution in [0, 0.1) is 0 Å². The van der Waals surface area contributed by atoms with Crippen LogP contribution in [0.4, 0.5) is 0 Å². The fourth-order valence-electron chi connectivity index (χ4n) is 0. The van der Waals surface area contributed by atoms with Crippen LogP contribution in [0.5, 0.6) is 0 Å². The van der Waals surface area contributed by atoms with E-state index < -0.39 is 11.9 Å². The van der Waals surface area contributed by atoms with Crippen molar-refractivity contribution in [2.75, 3.05) is 6.54 Å². The van der Waals surface area contributed by atoms with E-state index in [4.69, 9.17) is 25.5 Å². The fraction of sp³-hybridized carbons (Fsp3) is 0.667. The molecular weight excluding hydrogens is 215 g/mol. The normalized spacial score (nSPS) is 5.67. The zero-order valence-electron chi connectivity index (χ0n) is 7.62. The molecule has 0 aliphatic heterocycles. The summed E-state index contributed by atoms with van der Waals surface area (Å²) < 4.78 is 0. The summed E-state index contributed by atoms with van der Waals surface area (Å²) in [5.41, 5.74) is 4.85. The molecule has 0 bridgehead atoms. The Balaban J connectivity index is -0.0000000389. The molecule has 6 heteroatoms. The van der Waals surface area contributed by atoms with Gasteiger partial charge in [0.1, 0.15) is 0 Å². The Morgan fingerprint density at radius 3 is 1.17 bits per heavy atom. The van der Waals surface area contributed by atoms with E-state index in [2.05, 4.69) is 0 Å². The van der Waals surface area contributed by atoms with Gasteiger partial charge in [-0.15, -0.1) is 0 Å². The van der Waals surface area contributed by atoms with Crippen molar-refractivity contribution in [3.05, 3.63) is 0 Å². The third kappa shape index (κ3) is 3050. The summed E-state index contributed by atoms with van der Waals surface area (Å²) in [7, 11) is 0. The van der Waals surface area contributed by atoms with Gasteiger partial charge < -0.3 is 25.5 Å². The second kappa shape index (κ2) is 22.4. The van der Waals surface area contributed by atoms with Crippen LogP contribution in [0.2, 0.25) is 0 Å². The molecule has 0 saturated carbocycles. The average Bonchev–Trinajstić information content (AvgIpc) is 1.60. The molecule has 0 fully saturated rings. The Labute approximate surface area is 84.7 Å². The Hall–Kier alpha value is -0.477. The zero-order chi connectivity index (χ0) is 9.86. The van der Waals surface area contributed by atoms with Crippen LogP contribution in [-0.2, 0) is 29.1 Å². The first-order chi connectivity index (χ1) is 4.88. The number of aliphatic carboxylic acids is 2. The van der Waals surface area contributed by atoms with Crippen LogP contribution in [-0.4, -0.2) is 18.5 Å². The molecule has 0 unspecified atom stereocenters. The van der Waals surface area contributed by atoms with Crippen LogP contribution in [0.3, 0.4) is 0 Å². The maximum absolute atomic E-state index is 8.89. The predicted octanol–water partition coefficient (Wildman–Crippen LogP) is -2.53. The third-order valence-electron chi connectivity index (χ3n) is 0. The zero-order valence-corrected chi connectivity index (χ0v) is 10.6. The van der Waals surface area contributed by atoms with E-state index in [1.54, 1.807) is 0 Å². The topological polar surface area (TPSA) is 106 Å².